The minimum atomic E-state index is 0.497. The number of methoxy groups -OCH3 is 2. The van der Waals surface area contributed by atoms with Crippen molar-refractivity contribution < 1.29 is 9.47 Å². The van der Waals surface area contributed by atoms with Gasteiger partial charge in [0.05, 0.1) is 31.8 Å². The van der Waals surface area contributed by atoms with Crippen molar-refractivity contribution in [2.45, 2.75) is 0 Å². The Balaban J connectivity index is 1.71. The molecule has 1 heterocycles. The van der Waals surface area contributed by atoms with Crippen LogP contribution in [0, 0.1) is 0 Å². The zero-order valence-electron chi connectivity index (χ0n) is 18.3. The molecule has 4 aromatic rings. The summed E-state index contributed by atoms with van der Waals surface area (Å²) in [7, 11) is 5.07. The van der Waals surface area contributed by atoms with E-state index in [1.165, 1.54) is 0 Å². The van der Waals surface area contributed by atoms with Crippen molar-refractivity contribution in [3.8, 4) is 34.0 Å². The zero-order chi connectivity index (χ0) is 22.3. The number of anilines is 1. The van der Waals surface area contributed by atoms with Crippen molar-refractivity contribution in [1.82, 2.24) is 9.97 Å². The van der Waals surface area contributed by atoms with Gasteiger partial charge in [-0.2, -0.15) is 5.10 Å². The highest BCUT2D eigenvalue weighted by Gasteiger charge is 2.11. The Hall–Kier alpha value is -4.19. The Labute approximate surface area is 187 Å². The smallest absolute Gasteiger partial charge is 0.247 e. The molecule has 0 amide bonds. The monoisotopic (exact) mass is 424 g/mol. The Morgan fingerprint density at radius 1 is 0.719 bits per heavy atom. The molecule has 0 atom stereocenters. The van der Waals surface area contributed by atoms with E-state index in [0.717, 1.165) is 28.1 Å². The topological polar surface area (TPSA) is 59.8 Å². The summed E-state index contributed by atoms with van der Waals surface area (Å²) in [6.45, 7) is 0. The van der Waals surface area contributed by atoms with Crippen LogP contribution in [0.5, 0.6) is 11.5 Å². The number of benzene rings is 3. The van der Waals surface area contributed by atoms with Gasteiger partial charge >= 0.3 is 0 Å². The van der Waals surface area contributed by atoms with Gasteiger partial charge in [-0.3, -0.25) is 0 Å². The summed E-state index contributed by atoms with van der Waals surface area (Å²) >= 11 is 0. The van der Waals surface area contributed by atoms with E-state index in [0.29, 0.717) is 17.4 Å². The second kappa shape index (κ2) is 9.75. The Morgan fingerprint density at radius 2 is 1.22 bits per heavy atom. The normalized spacial score (nSPS) is 10.8. The fraction of sp³-hybridized carbons (Fsp3) is 0.115. The second-order valence-electron chi connectivity index (χ2n) is 7.08. The first-order valence-corrected chi connectivity index (χ1v) is 10.2. The van der Waals surface area contributed by atoms with Crippen LogP contribution < -0.4 is 14.5 Å². The molecule has 0 saturated heterocycles. The van der Waals surface area contributed by atoms with Crippen molar-refractivity contribution in [2.75, 3.05) is 26.3 Å². The van der Waals surface area contributed by atoms with Gasteiger partial charge in [-0.1, -0.05) is 60.7 Å². The highest BCUT2D eigenvalue weighted by molar-refractivity contribution is 5.82. The number of hydrazone groups is 1. The molecule has 0 aliphatic heterocycles. The van der Waals surface area contributed by atoms with Crippen LogP contribution >= 0.6 is 0 Å². The van der Waals surface area contributed by atoms with Gasteiger partial charge in [0.15, 0.2) is 0 Å². The summed E-state index contributed by atoms with van der Waals surface area (Å²) in [5.74, 6) is 1.89. The van der Waals surface area contributed by atoms with Gasteiger partial charge in [-0.15, -0.1) is 0 Å². The van der Waals surface area contributed by atoms with Crippen LogP contribution in [0.4, 0.5) is 5.95 Å². The molecular weight excluding hydrogens is 400 g/mol. The summed E-state index contributed by atoms with van der Waals surface area (Å²) in [5.41, 5.74) is 4.54. The minimum Gasteiger partial charge on any atom is -0.497 e. The van der Waals surface area contributed by atoms with E-state index in [9.17, 15) is 0 Å². The van der Waals surface area contributed by atoms with Crippen LogP contribution in [0.25, 0.3) is 22.5 Å². The third-order valence-corrected chi connectivity index (χ3v) is 4.90. The molecule has 160 valence electrons. The standard InChI is InChI=1S/C26H24N4O2/c1-30(27-18-19-14-22(31-2)16-23(15-19)32-3)26-28-24(20-10-6-4-7-11-20)17-25(29-26)21-12-8-5-9-13-21/h4-18H,1-3H3. The van der Waals surface area contributed by atoms with Gasteiger partial charge in [-0.05, 0) is 18.2 Å². The molecule has 6 heteroatoms. The highest BCUT2D eigenvalue weighted by Crippen LogP contribution is 2.26. The molecule has 0 fully saturated rings. The second-order valence-corrected chi connectivity index (χ2v) is 7.08. The average Bonchev–Trinajstić information content (AvgIpc) is 2.87. The maximum Gasteiger partial charge on any atom is 0.247 e. The fourth-order valence-corrected chi connectivity index (χ4v) is 3.20. The molecule has 32 heavy (non-hydrogen) atoms. The van der Waals surface area contributed by atoms with E-state index in [2.05, 4.69) is 5.10 Å². The first-order chi connectivity index (χ1) is 15.7. The lowest BCUT2D eigenvalue weighted by atomic mass is 10.1. The molecular formula is C26H24N4O2. The van der Waals surface area contributed by atoms with Crippen molar-refractivity contribution >= 4 is 12.2 Å². The lowest BCUT2D eigenvalue weighted by molar-refractivity contribution is 0.394. The third kappa shape index (κ3) is 4.92. The molecule has 0 aliphatic rings. The highest BCUT2D eigenvalue weighted by atomic mass is 16.5. The maximum atomic E-state index is 5.34. The number of nitrogens with zero attached hydrogens (tertiary/aromatic N) is 4. The van der Waals surface area contributed by atoms with E-state index in [-0.39, 0.29) is 0 Å². The van der Waals surface area contributed by atoms with Crippen molar-refractivity contribution in [3.63, 3.8) is 0 Å². The minimum absolute atomic E-state index is 0.497. The molecule has 0 N–H and O–H groups in total. The van der Waals surface area contributed by atoms with Gasteiger partial charge in [0.1, 0.15) is 11.5 Å². The fourth-order valence-electron chi connectivity index (χ4n) is 3.20. The van der Waals surface area contributed by atoms with E-state index in [1.54, 1.807) is 25.4 Å². The Bertz CT molecular complexity index is 1130. The molecule has 6 nitrogen and oxygen atoms in total. The summed E-state index contributed by atoms with van der Waals surface area (Å²) in [4.78, 5) is 9.52. The summed E-state index contributed by atoms with van der Waals surface area (Å²) in [6, 6.07) is 27.7. The van der Waals surface area contributed by atoms with Gasteiger partial charge in [0.2, 0.25) is 5.95 Å². The predicted molar refractivity (Wildman–Crippen MR) is 128 cm³/mol. The first-order valence-electron chi connectivity index (χ1n) is 10.2. The number of rotatable bonds is 7. The van der Waals surface area contributed by atoms with Crippen molar-refractivity contribution in [1.29, 1.82) is 0 Å². The van der Waals surface area contributed by atoms with Crippen molar-refractivity contribution in [2.24, 2.45) is 5.10 Å². The van der Waals surface area contributed by atoms with Crippen LogP contribution in [0.15, 0.2) is 90.0 Å². The molecule has 0 bridgehead atoms. The molecule has 0 unspecified atom stereocenters. The van der Waals surface area contributed by atoms with E-state index >= 15 is 0 Å². The Kier molecular flexibility index (Phi) is 6.41. The number of hydrogen-bond donors (Lipinski definition) is 0. The SMILES string of the molecule is COc1cc(C=NN(C)c2nc(-c3ccccc3)cc(-c3ccccc3)n2)cc(OC)c1. The van der Waals surface area contributed by atoms with Gasteiger partial charge in [-0.25, -0.2) is 15.0 Å². The molecule has 0 radical (unpaired) electrons. The molecule has 1 aromatic heterocycles. The maximum absolute atomic E-state index is 5.34. The number of ether oxygens (including phenoxy) is 2. The predicted octanol–water partition coefficient (Wildman–Crippen LogP) is 5.30. The lowest BCUT2D eigenvalue weighted by Crippen LogP contribution is -2.13. The third-order valence-electron chi connectivity index (χ3n) is 4.90. The van der Waals surface area contributed by atoms with Crippen LogP contribution in [-0.2, 0) is 0 Å². The quantitative estimate of drug-likeness (QED) is 0.298. The van der Waals surface area contributed by atoms with Gasteiger partial charge in [0, 0.05) is 29.8 Å². The molecule has 3 aromatic carbocycles. The van der Waals surface area contributed by atoms with Crippen LogP contribution in [0.3, 0.4) is 0 Å². The van der Waals surface area contributed by atoms with Crippen LogP contribution in [-0.4, -0.2) is 37.4 Å². The largest absolute Gasteiger partial charge is 0.497 e. The van der Waals surface area contributed by atoms with Crippen LogP contribution in [0.2, 0.25) is 0 Å². The van der Waals surface area contributed by atoms with Gasteiger partial charge in [0.25, 0.3) is 0 Å². The Morgan fingerprint density at radius 3 is 1.69 bits per heavy atom. The molecule has 0 saturated carbocycles. The summed E-state index contributed by atoms with van der Waals surface area (Å²) in [5, 5.41) is 6.21. The first kappa shape index (κ1) is 21.1. The number of hydrogen-bond acceptors (Lipinski definition) is 6. The van der Waals surface area contributed by atoms with E-state index in [4.69, 9.17) is 19.4 Å². The van der Waals surface area contributed by atoms with Gasteiger partial charge < -0.3 is 9.47 Å². The molecule has 0 aliphatic carbocycles. The summed E-state index contributed by atoms with van der Waals surface area (Å²) < 4.78 is 10.7. The summed E-state index contributed by atoms with van der Waals surface area (Å²) in [6.07, 6.45) is 1.73. The van der Waals surface area contributed by atoms with E-state index in [1.807, 2.05) is 92.0 Å². The average molecular weight is 425 g/mol. The van der Waals surface area contributed by atoms with Crippen molar-refractivity contribution in [3.05, 3.63) is 90.5 Å². The zero-order valence-corrected chi connectivity index (χ0v) is 18.3. The molecule has 4 rings (SSSR count). The van der Waals surface area contributed by atoms with Crippen LogP contribution in [0.1, 0.15) is 5.56 Å². The number of aromatic nitrogens is 2. The molecule has 0 spiro atoms. The lowest BCUT2D eigenvalue weighted by Gasteiger charge is -2.14. The van der Waals surface area contributed by atoms with E-state index < -0.39 is 0 Å².